The molecular formula is C30H36ClN3O6S. The van der Waals surface area contributed by atoms with Gasteiger partial charge in [0.1, 0.15) is 12.6 Å². The van der Waals surface area contributed by atoms with Gasteiger partial charge in [0, 0.05) is 24.2 Å². The molecular weight excluding hydrogens is 566 g/mol. The van der Waals surface area contributed by atoms with Crippen LogP contribution < -0.4 is 19.1 Å². The van der Waals surface area contributed by atoms with Gasteiger partial charge in [0.05, 0.1) is 24.8 Å². The van der Waals surface area contributed by atoms with Crippen LogP contribution in [0.3, 0.4) is 0 Å². The molecule has 2 amide bonds. The summed E-state index contributed by atoms with van der Waals surface area (Å²) >= 11 is 6.18. The molecule has 0 spiro atoms. The molecule has 0 bridgehead atoms. The van der Waals surface area contributed by atoms with Crippen molar-refractivity contribution in [2.24, 2.45) is 0 Å². The van der Waals surface area contributed by atoms with Crippen molar-refractivity contribution in [3.8, 4) is 11.5 Å². The van der Waals surface area contributed by atoms with Crippen LogP contribution in [0.2, 0.25) is 5.02 Å². The normalized spacial score (nSPS) is 11.8. The van der Waals surface area contributed by atoms with Gasteiger partial charge in [-0.2, -0.15) is 0 Å². The number of halogens is 1. The minimum absolute atomic E-state index is 0.0563. The summed E-state index contributed by atoms with van der Waals surface area (Å²) in [5, 5.41) is 3.35. The average Bonchev–Trinajstić information content (AvgIpc) is 2.98. The molecule has 3 aromatic carbocycles. The maximum absolute atomic E-state index is 14.0. The number of carbonyl (C=O) groups is 2. The van der Waals surface area contributed by atoms with E-state index in [9.17, 15) is 18.0 Å². The molecule has 0 saturated heterocycles. The number of hydrogen-bond acceptors (Lipinski definition) is 6. The first-order valence-electron chi connectivity index (χ1n) is 13.2. The van der Waals surface area contributed by atoms with Crippen LogP contribution in [0.15, 0.2) is 77.7 Å². The highest BCUT2D eigenvalue weighted by Gasteiger charge is 2.33. The Morgan fingerprint density at radius 2 is 1.66 bits per heavy atom. The molecule has 0 aliphatic heterocycles. The van der Waals surface area contributed by atoms with Crippen molar-refractivity contribution in [3.63, 3.8) is 0 Å². The van der Waals surface area contributed by atoms with Crippen LogP contribution in [0.4, 0.5) is 5.69 Å². The maximum atomic E-state index is 14.0. The molecule has 0 saturated carbocycles. The van der Waals surface area contributed by atoms with Crippen LogP contribution in [0.1, 0.15) is 32.3 Å². The van der Waals surface area contributed by atoms with Crippen LogP contribution in [0.5, 0.6) is 11.5 Å². The first kappa shape index (κ1) is 31.8. The zero-order valence-corrected chi connectivity index (χ0v) is 25.2. The molecule has 9 nitrogen and oxygen atoms in total. The Hall–Kier alpha value is -3.76. The van der Waals surface area contributed by atoms with Crippen molar-refractivity contribution in [2.75, 3.05) is 31.6 Å². The summed E-state index contributed by atoms with van der Waals surface area (Å²) in [5.74, 6) is -0.295. The number of sulfonamides is 1. The molecule has 1 unspecified atom stereocenters. The number of para-hydroxylation sites is 1. The Bertz CT molecular complexity index is 1440. The van der Waals surface area contributed by atoms with E-state index in [2.05, 4.69) is 5.32 Å². The van der Waals surface area contributed by atoms with Gasteiger partial charge in [0.15, 0.2) is 11.5 Å². The van der Waals surface area contributed by atoms with Crippen molar-refractivity contribution in [1.29, 1.82) is 0 Å². The van der Waals surface area contributed by atoms with Crippen LogP contribution in [-0.2, 0) is 26.2 Å². The predicted molar refractivity (Wildman–Crippen MR) is 160 cm³/mol. The molecule has 220 valence electrons. The second kappa shape index (κ2) is 14.7. The van der Waals surface area contributed by atoms with Crippen LogP contribution in [0, 0.1) is 0 Å². The molecule has 1 atom stereocenters. The summed E-state index contributed by atoms with van der Waals surface area (Å²) in [4.78, 5) is 28.3. The number of ether oxygens (including phenoxy) is 2. The lowest BCUT2D eigenvalue weighted by Gasteiger charge is -2.32. The van der Waals surface area contributed by atoms with Crippen molar-refractivity contribution < 1.29 is 27.5 Å². The molecule has 1 N–H and O–H groups in total. The van der Waals surface area contributed by atoms with E-state index in [1.165, 1.54) is 37.3 Å². The zero-order chi connectivity index (χ0) is 30.0. The van der Waals surface area contributed by atoms with Gasteiger partial charge < -0.3 is 19.7 Å². The van der Waals surface area contributed by atoms with Crippen LogP contribution in [0.25, 0.3) is 0 Å². The highest BCUT2D eigenvalue weighted by molar-refractivity contribution is 7.92. The Labute approximate surface area is 247 Å². The molecule has 0 aliphatic rings. The highest BCUT2D eigenvalue weighted by Crippen LogP contribution is 2.32. The molecule has 41 heavy (non-hydrogen) atoms. The van der Waals surface area contributed by atoms with Gasteiger partial charge in [-0.15, -0.1) is 0 Å². The van der Waals surface area contributed by atoms with Crippen molar-refractivity contribution >= 4 is 39.1 Å². The van der Waals surface area contributed by atoms with E-state index in [0.29, 0.717) is 28.6 Å². The maximum Gasteiger partial charge on any atom is 0.264 e. The quantitative estimate of drug-likeness (QED) is 0.264. The number of benzene rings is 3. The Kier molecular flexibility index (Phi) is 11.4. The summed E-state index contributed by atoms with van der Waals surface area (Å²) in [6.45, 7) is 3.62. The van der Waals surface area contributed by atoms with E-state index in [1.807, 2.05) is 6.92 Å². The number of amides is 2. The van der Waals surface area contributed by atoms with Gasteiger partial charge in [-0.3, -0.25) is 13.9 Å². The van der Waals surface area contributed by atoms with Gasteiger partial charge >= 0.3 is 0 Å². The standard InChI is InChI=1S/C30H36ClN3O6S/c1-5-6-17-32-30(36)22(2)33(20-23-11-10-12-24(31)18-23)29(35)21-34(25-13-8-7-9-14-25)41(37,38)26-15-16-27(39-3)28(19-26)40-4/h7-16,18-19,22H,5-6,17,20-21H2,1-4H3,(H,32,36). The number of carbonyl (C=O) groups excluding carboxylic acids is 2. The van der Waals surface area contributed by atoms with Crippen LogP contribution >= 0.6 is 11.6 Å². The zero-order valence-electron chi connectivity index (χ0n) is 23.7. The van der Waals surface area contributed by atoms with E-state index >= 15 is 0 Å². The summed E-state index contributed by atoms with van der Waals surface area (Å²) < 4.78 is 39.6. The Morgan fingerprint density at radius 3 is 2.29 bits per heavy atom. The molecule has 11 heteroatoms. The van der Waals surface area contributed by atoms with E-state index < -0.39 is 28.5 Å². The smallest absolute Gasteiger partial charge is 0.264 e. The lowest BCUT2D eigenvalue weighted by molar-refractivity contribution is -0.139. The van der Waals surface area contributed by atoms with Gasteiger partial charge in [-0.05, 0) is 55.3 Å². The van der Waals surface area contributed by atoms with E-state index in [1.54, 1.807) is 61.5 Å². The molecule has 0 fully saturated rings. The number of unbranched alkanes of at least 4 members (excludes halogenated alkanes) is 1. The summed E-state index contributed by atoms with van der Waals surface area (Å²) in [7, 11) is -1.39. The lowest BCUT2D eigenvalue weighted by atomic mass is 10.1. The topological polar surface area (TPSA) is 105 Å². The fourth-order valence-corrected chi connectivity index (χ4v) is 5.82. The third-order valence-electron chi connectivity index (χ3n) is 6.50. The van der Waals surface area contributed by atoms with E-state index in [4.69, 9.17) is 21.1 Å². The summed E-state index contributed by atoms with van der Waals surface area (Å²) in [6, 6.07) is 18.7. The largest absolute Gasteiger partial charge is 0.493 e. The van der Waals surface area contributed by atoms with Gasteiger partial charge in [0.2, 0.25) is 11.8 Å². The lowest BCUT2D eigenvalue weighted by Crippen LogP contribution is -2.51. The fourth-order valence-electron chi connectivity index (χ4n) is 4.18. The number of hydrogen-bond donors (Lipinski definition) is 1. The summed E-state index contributed by atoms with van der Waals surface area (Å²) in [5.41, 5.74) is 0.992. The molecule has 0 radical (unpaired) electrons. The number of anilines is 1. The van der Waals surface area contributed by atoms with E-state index in [-0.39, 0.29) is 23.1 Å². The monoisotopic (exact) mass is 601 g/mol. The number of rotatable bonds is 14. The molecule has 0 aliphatic carbocycles. The average molecular weight is 602 g/mol. The third kappa shape index (κ3) is 8.14. The first-order chi connectivity index (χ1) is 19.6. The number of nitrogens with one attached hydrogen (secondary N) is 1. The van der Waals surface area contributed by atoms with Gasteiger partial charge in [-0.25, -0.2) is 8.42 Å². The molecule has 0 heterocycles. The van der Waals surface area contributed by atoms with Crippen molar-refractivity contribution in [3.05, 3.63) is 83.4 Å². The second-order valence-corrected chi connectivity index (χ2v) is 11.6. The fraction of sp³-hybridized carbons (Fsp3) is 0.333. The Morgan fingerprint density at radius 1 is 0.951 bits per heavy atom. The number of methoxy groups -OCH3 is 2. The van der Waals surface area contributed by atoms with Crippen molar-refractivity contribution in [2.45, 2.75) is 44.2 Å². The SMILES string of the molecule is CCCCNC(=O)C(C)N(Cc1cccc(Cl)c1)C(=O)CN(c1ccccc1)S(=O)(=O)c1ccc(OC)c(OC)c1. The second-order valence-electron chi connectivity index (χ2n) is 9.34. The summed E-state index contributed by atoms with van der Waals surface area (Å²) in [6.07, 6.45) is 1.70. The predicted octanol–water partition coefficient (Wildman–Crippen LogP) is 4.89. The Balaban J connectivity index is 2.01. The first-order valence-corrected chi connectivity index (χ1v) is 15.1. The molecule has 3 aromatic rings. The van der Waals surface area contributed by atoms with E-state index in [0.717, 1.165) is 17.1 Å². The van der Waals surface area contributed by atoms with Gasteiger partial charge in [0.25, 0.3) is 10.0 Å². The van der Waals surface area contributed by atoms with Crippen molar-refractivity contribution in [1.82, 2.24) is 10.2 Å². The number of nitrogens with zero attached hydrogens (tertiary/aromatic N) is 2. The molecule has 0 aromatic heterocycles. The minimum atomic E-state index is -4.25. The molecule has 3 rings (SSSR count). The third-order valence-corrected chi connectivity index (χ3v) is 8.51. The van der Waals surface area contributed by atoms with Gasteiger partial charge in [-0.1, -0.05) is 55.3 Å². The highest BCUT2D eigenvalue weighted by atomic mass is 35.5. The van der Waals surface area contributed by atoms with Crippen LogP contribution in [-0.4, -0.2) is 58.5 Å². The minimum Gasteiger partial charge on any atom is -0.493 e.